The molecule has 152 valence electrons. The topological polar surface area (TPSA) is 105 Å². The summed E-state index contributed by atoms with van der Waals surface area (Å²) in [5.41, 5.74) is 1.36. The average Bonchev–Trinajstić information content (AvgIpc) is 3.09. The van der Waals surface area contributed by atoms with Crippen molar-refractivity contribution in [2.24, 2.45) is 5.92 Å². The Morgan fingerprint density at radius 1 is 1.46 bits per heavy atom. The third-order valence-electron chi connectivity index (χ3n) is 4.48. The first-order chi connectivity index (χ1) is 13.3. The molecule has 1 saturated heterocycles. The number of carbonyl (C=O) groups is 1. The third kappa shape index (κ3) is 5.79. The SMILES string of the molecule is Cc1cc(CSc2ncccc2C(=O)N2CCCC(CNS(C)(=O)=O)C2)no1. The molecule has 0 aliphatic carbocycles. The van der Waals surface area contributed by atoms with Crippen LogP contribution in [0.25, 0.3) is 0 Å². The quantitative estimate of drug-likeness (QED) is 0.678. The summed E-state index contributed by atoms with van der Waals surface area (Å²) in [5, 5.41) is 4.63. The van der Waals surface area contributed by atoms with Gasteiger partial charge in [0, 0.05) is 37.7 Å². The van der Waals surface area contributed by atoms with Crippen molar-refractivity contribution in [1.82, 2.24) is 19.8 Å². The van der Waals surface area contributed by atoms with E-state index < -0.39 is 10.0 Å². The van der Waals surface area contributed by atoms with E-state index in [-0.39, 0.29) is 11.8 Å². The molecule has 1 amide bonds. The fourth-order valence-electron chi connectivity index (χ4n) is 3.15. The number of thioether (sulfide) groups is 1. The fourth-order valence-corrected chi connectivity index (χ4v) is 4.56. The molecule has 1 aliphatic heterocycles. The Balaban J connectivity index is 1.66. The number of hydrogen-bond acceptors (Lipinski definition) is 7. The van der Waals surface area contributed by atoms with Gasteiger partial charge in [-0.3, -0.25) is 4.79 Å². The molecule has 0 saturated carbocycles. The highest BCUT2D eigenvalue weighted by Gasteiger charge is 2.26. The summed E-state index contributed by atoms with van der Waals surface area (Å²) in [5.74, 6) is 1.35. The predicted molar refractivity (Wildman–Crippen MR) is 107 cm³/mol. The van der Waals surface area contributed by atoms with Gasteiger partial charge in [0.05, 0.1) is 17.5 Å². The number of likely N-dealkylation sites (tertiary alicyclic amines) is 1. The minimum Gasteiger partial charge on any atom is -0.361 e. The highest BCUT2D eigenvalue weighted by Crippen LogP contribution is 2.26. The molecule has 2 aromatic heterocycles. The van der Waals surface area contributed by atoms with Gasteiger partial charge in [-0.05, 0) is 37.8 Å². The molecule has 28 heavy (non-hydrogen) atoms. The maximum Gasteiger partial charge on any atom is 0.256 e. The van der Waals surface area contributed by atoms with Gasteiger partial charge in [-0.25, -0.2) is 18.1 Å². The minimum atomic E-state index is -3.23. The number of pyridine rings is 1. The standard InChI is InChI=1S/C18H24N4O4S2/c1-13-9-15(21-26-13)12-27-17-16(6-3-7-19-17)18(23)22-8-4-5-14(11-22)10-20-28(2,24)25/h3,6-7,9,14,20H,4-5,8,10-12H2,1-2H3. The molecule has 3 heterocycles. The van der Waals surface area contributed by atoms with Crippen LogP contribution in [0.15, 0.2) is 33.9 Å². The van der Waals surface area contributed by atoms with Crippen LogP contribution in [0.1, 0.15) is 34.7 Å². The van der Waals surface area contributed by atoms with E-state index >= 15 is 0 Å². The van der Waals surface area contributed by atoms with E-state index in [0.717, 1.165) is 30.6 Å². The van der Waals surface area contributed by atoms with E-state index in [1.165, 1.54) is 11.8 Å². The van der Waals surface area contributed by atoms with E-state index in [1.54, 1.807) is 23.2 Å². The molecule has 1 atom stereocenters. The van der Waals surface area contributed by atoms with Crippen molar-refractivity contribution in [3.63, 3.8) is 0 Å². The second-order valence-corrected chi connectivity index (χ2v) is 9.75. The number of aryl methyl sites for hydroxylation is 1. The molecule has 1 N–H and O–H groups in total. The first kappa shape index (κ1) is 20.8. The van der Waals surface area contributed by atoms with Crippen molar-refractivity contribution in [2.75, 3.05) is 25.9 Å². The molecule has 0 bridgehead atoms. The Bertz CT molecular complexity index is 929. The average molecular weight is 425 g/mol. The molecule has 10 heteroatoms. The summed E-state index contributed by atoms with van der Waals surface area (Å²) < 4.78 is 30.3. The van der Waals surface area contributed by atoms with Crippen LogP contribution in [0.4, 0.5) is 0 Å². The van der Waals surface area contributed by atoms with Crippen molar-refractivity contribution in [3.05, 3.63) is 41.4 Å². The van der Waals surface area contributed by atoms with Crippen LogP contribution in [0.3, 0.4) is 0 Å². The monoisotopic (exact) mass is 424 g/mol. The lowest BCUT2D eigenvalue weighted by atomic mass is 9.98. The minimum absolute atomic E-state index is 0.0732. The highest BCUT2D eigenvalue weighted by atomic mass is 32.2. The van der Waals surface area contributed by atoms with Crippen LogP contribution < -0.4 is 4.72 Å². The normalized spacial score (nSPS) is 17.6. The second-order valence-electron chi connectivity index (χ2n) is 6.95. The van der Waals surface area contributed by atoms with Gasteiger partial charge in [-0.1, -0.05) is 16.9 Å². The Kier molecular flexibility index (Phi) is 6.73. The number of piperidine rings is 1. The molecule has 2 aromatic rings. The Morgan fingerprint density at radius 3 is 3.00 bits per heavy atom. The number of nitrogens with zero attached hydrogens (tertiary/aromatic N) is 3. The third-order valence-corrected chi connectivity index (χ3v) is 6.21. The molecule has 1 aliphatic rings. The molecule has 0 radical (unpaired) electrons. The Morgan fingerprint density at radius 2 is 2.29 bits per heavy atom. The van der Waals surface area contributed by atoms with Crippen molar-refractivity contribution >= 4 is 27.7 Å². The molecule has 3 rings (SSSR count). The zero-order chi connectivity index (χ0) is 20.1. The lowest BCUT2D eigenvalue weighted by Gasteiger charge is -2.33. The largest absolute Gasteiger partial charge is 0.361 e. The predicted octanol–water partition coefficient (Wildman–Crippen LogP) is 2.07. The van der Waals surface area contributed by atoms with E-state index in [4.69, 9.17) is 4.52 Å². The highest BCUT2D eigenvalue weighted by molar-refractivity contribution is 7.98. The zero-order valence-corrected chi connectivity index (χ0v) is 17.6. The van der Waals surface area contributed by atoms with E-state index in [0.29, 0.717) is 36.0 Å². The summed E-state index contributed by atoms with van der Waals surface area (Å²) in [6.45, 7) is 3.38. The van der Waals surface area contributed by atoms with Crippen molar-refractivity contribution < 1.29 is 17.7 Å². The summed E-state index contributed by atoms with van der Waals surface area (Å²) in [6.07, 6.45) is 4.56. The maximum absolute atomic E-state index is 13.1. The van der Waals surface area contributed by atoms with Crippen LogP contribution in [-0.2, 0) is 15.8 Å². The van der Waals surface area contributed by atoms with Gasteiger partial charge in [0.2, 0.25) is 10.0 Å². The van der Waals surface area contributed by atoms with Gasteiger partial charge in [0.15, 0.2) is 0 Å². The van der Waals surface area contributed by atoms with Crippen LogP contribution in [-0.4, -0.2) is 55.3 Å². The van der Waals surface area contributed by atoms with E-state index in [2.05, 4.69) is 14.9 Å². The Hall–Kier alpha value is -1.91. The van der Waals surface area contributed by atoms with Crippen molar-refractivity contribution in [3.8, 4) is 0 Å². The molecule has 8 nitrogen and oxygen atoms in total. The van der Waals surface area contributed by atoms with Crippen molar-refractivity contribution in [1.29, 1.82) is 0 Å². The second kappa shape index (κ2) is 9.06. The lowest BCUT2D eigenvalue weighted by Crippen LogP contribution is -2.43. The van der Waals surface area contributed by atoms with E-state index in [9.17, 15) is 13.2 Å². The van der Waals surface area contributed by atoms with Gasteiger partial charge >= 0.3 is 0 Å². The molecule has 1 fully saturated rings. The van der Waals surface area contributed by atoms with Crippen LogP contribution in [0, 0.1) is 12.8 Å². The smallest absolute Gasteiger partial charge is 0.256 e. The van der Waals surface area contributed by atoms with Gasteiger partial charge in [-0.15, -0.1) is 0 Å². The van der Waals surface area contributed by atoms with Gasteiger partial charge < -0.3 is 9.42 Å². The molecule has 1 unspecified atom stereocenters. The van der Waals surface area contributed by atoms with Crippen LogP contribution in [0.2, 0.25) is 0 Å². The number of carbonyl (C=O) groups excluding carboxylic acids is 1. The number of hydrogen-bond donors (Lipinski definition) is 1. The molecule has 0 aromatic carbocycles. The number of nitrogens with one attached hydrogen (secondary N) is 1. The van der Waals surface area contributed by atoms with E-state index in [1.807, 2.05) is 13.0 Å². The Labute approximate surface area is 169 Å². The maximum atomic E-state index is 13.1. The van der Waals surface area contributed by atoms with Crippen LogP contribution in [0.5, 0.6) is 0 Å². The molecular weight excluding hydrogens is 400 g/mol. The zero-order valence-electron chi connectivity index (χ0n) is 15.9. The number of aromatic nitrogens is 2. The summed E-state index contributed by atoms with van der Waals surface area (Å²) in [4.78, 5) is 19.2. The van der Waals surface area contributed by atoms with Gasteiger partial charge in [0.25, 0.3) is 5.91 Å². The van der Waals surface area contributed by atoms with Gasteiger partial charge in [0.1, 0.15) is 10.8 Å². The summed E-state index contributed by atoms with van der Waals surface area (Å²) in [7, 11) is -3.23. The first-order valence-corrected chi connectivity index (χ1v) is 11.9. The number of rotatable bonds is 7. The summed E-state index contributed by atoms with van der Waals surface area (Å²) >= 11 is 1.45. The number of sulfonamides is 1. The van der Waals surface area contributed by atoms with Gasteiger partial charge in [-0.2, -0.15) is 0 Å². The first-order valence-electron chi connectivity index (χ1n) is 9.06. The van der Waals surface area contributed by atoms with Crippen molar-refractivity contribution in [2.45, 2.75) is 30.5 Å². The number of amides is 1. The fraction of sp³-hybridized carbons (Fsp3) is 0.500. The molecular formula is C18H24N4O4S2. The van der Waals surface area contributed by atoms with Crippen LogP contribution >= 0.6 is 11.8 Å². The molecule has 0 spiro atoms. The summed E-state index contributed by atoms with van der Waals surface area (Å²) in [6, 6.07) is 5.40. The lowest BCUT2D eigenvalue weighted by molar-refractivity contribution is 0.0672.